The van der Waals surface area contributed by atoms with Gasteiger partial charge in [-0.05, 0) is 11.6 Å². The van der Waals surface area contributed by atoms with Crippen LogP contribution in [0.4, 0.5) is 8.78 Å². The van der Waals surface area contributed by atoms with E-state index in [1.54, 1.807) is 0 Å². The second-order valence-electron chi connectivity index (χ2n) is 3.21. The van der Waals surface area contributed by atoms with E-state index in [1.165, 1.54) is 6.07 Å². The monoisotopic (exact) mass is 289 g/mol. The smallest absolute Gasteiger partial charge is 0.224 e. The third-order valence-electron chi connectivity index (χ3n) is 1.84. The number of amides is 1. The van der Waals surface area contributed by atoms with Gasteiger partial charge in [0.25, 0.3) is 0 Å². The van der Waals surface area contributed by atoms with Crippen LogP contribution in [0.2, 0.25) is 0 Å². The van der Waals surface area contributed by atoms with Crippen LogP contribution in [0.3, 0.4) is 0 Å². The molecular formula is C11H10BrF2NO. The van der Waals surface area contributed by atoms with Crippen LogP contribution >= 0.6 is 15.9 Å². The van der Waals surface area contributed by atoms with Crippen molar-refractivity contribution in [1.82, 2.24) is 5.32 Å². The molecule has 1 aromatic rings. The molecule has 0 aliphatic heterocycles. The van der Waals surface area contributed by atoms with Crippen LogP contribution in [-0.2, 0) is 11.2 Å². The summed E-state index contributed by atoms with van der Waals surface area (Å²) in [6.45, 7) is 3.82. The van der Waals surface area contributed by atoms with Crippen LogP contribution in [0.1, 0.15) is 5.56 Å². The Balaban J connectivity index is 2.59. The van der Waals surface area contributed by atoms with Crippen molar-refractivity contribution in [2.75, 3.05) is 6.54 Å². The molecule has 0 saturated carbocycles. The minimum atomic E-state index is -0.715. The first-order valence-electron chi connectivity index (χ1n) is 4.53. The minimum absolute atomic E-state index is 0.119. The molecule has 86 valence electrons. The van der Waals surface area contributed by atoms with E-state index < -0.39 is 11.6 Å². The predicted octanol–water partition coefficient (Wildman–Crippen LogP) is 2.53. The van der Waals surface area contributed by atoms with Gasteiger partial charge in [0.2, 0.25) is 5.91 Å². The Bertz CT molecular complexity index is 420. The lowest BCUT2D eigenvalue weighted by Crippen LogP contribution is -2.26. The lowest BCUT2D eigenvalue weighted by atomic mass is 10.1. The Kier molecular flexibility index (Phi) is 4.61. The van der Waals surface area contributed by atoms with Crippen molar-refractivity contribution >= 4 is 21.8 Å². The van der Waals surface area contributed by atoms with Gasteiger partial charge in [-0.1, -0.05) is 28.6 Å². The molecule has 1 amide bonds. The maximum absolute atomic E-state index is 13.2. The van der Waals surface area contributed by atoms with Crippen LogP contribution in [0.5, 0.6) is 0 Å². The first-order valence-corrected chi connectivity index (χ1v) is 5.32. The van der Waals surface area contributed by atoms with Crippen molar-refractivity contribution in [3.8, 4) is 0 Å². The molecule has 1 rings (SSSR count). The van der Waals surface area contributed by atoms with Gasteiger partial charge in [-0.3, -0.25) is 4.79 Å². The number of nitrogens with one attached hydrogen (secondary N) is 1. The quantitative estimate of drug-likeness (QED) is 0.907. The summed E-state index contributed by atoms with van der Waals surface area (Å²) in [6.07, 6.45) is -0.119. The number of carbonyl (C=O) groups is 1. The van der Waals surface area contributed by atoms with Crippen LogP contribution in [0.15, 0.2) is 29.3 Å². The molecule has 1 aromatic carbocycles. The first kappa shape index (κ1) is 12.8. The molecule has 0 aliphatic carbocycles. The van der Waals surface area contributed by atoms with Crippen molar-refractivity contribution in [3.63, 3.8) is 0 Å². The van der Waals surface area contributed by atoms with Gasteiger partial charge < -0.3 is 5.32 Å². The molecule has 0 bridgehead atoms. The highest BCUT2D eigenvalue weighted by Gasteiger charge is 2.08. The largest absolute Gasteiger partial charge is 0.351 e. The summed E-state index contributed by atoms with van der Waals surface area (Å²) >= 11 is 3.08. The summed E-state index contributed by atoms with van der Waals surface area (Å²) in [5, 5.41) is 2.53. The topological polar surface area (TPSA) is 29.1 Å². The number of halogens is 3. The first-order chi connectivity index (χ1) is 7.49. The Morgan fingerprint density at radius 2 is 2.12 bits per heavy atom. The third kappa shape index (κ3) is 4.10. The van der Waals surface area contributed by atoms with Crippen molar-refractivity contribution in [2.45, 2.75) is 6.42 Å². The number of rotatable bonds is 4. The van der Waals surface area contributed by atoms with E-state index >= 15 is 0 Å². The SMILES string of the molecule is C=C(Br)CNC(=O)Cc1ccc(F)cc1F. The molecule has 0 spiro atoms. The molecule has 0 heterocycles. The fourth-order valence-electron chi connectivity index (χ4n) is 1.10. The van der Waals surface area contributed by atoms with Crippen molar-refractivity contribution in [1.29, 1.82) is 0 Å². The maximum Gasteiger partial charge on any atom is 0.224 e. The Labute approximate surface area is 100 Å². The fourth-order valence-corrected chi connectivity index (χ4v) is 1.24. The molecule has 0 aromatic heterocycles. The summed E-state index contributed by atoms with van der Waals surface area (Å²) in [7, 11) is 0. The van der Waals surface area contributed by atoms with Gasteiger partial charge in [0.15, 0.2) is 0 Å². The molecule has 0 atom stereocenters. The maximum atomic E-state index is 13.2. The van der Waals surface area contributed by atoms with Crippen molar-refractivity contribution in [2.24, 2.45) is 0 Å². The zero-order valence-corrected chi connectivity index (χ0v) is 9.98. The van der Waals surface area contributed by atoms with Gasteiger partial charge in [-0.25, -0.2) is 8.78 Å². The van der Waals surface area contributed by atoms with Gasteiger partial charge in [-0.2, -0.15) is 0 Å². The Hall–Kier alpha value is -1.23. The highest BCUT2D eigenvalue weighted by atomic mass is 79.9. The molecule has 0 fully saturated rings. The van der Waals surface area contributed by atoms with Crippen molar-refractivity contribution in [3.05, 3.63) is 46.5 Å². The molecular weight excluding hydrogens is 280 g/mol. The standard InChI is InChI=1S/C11H10BrF2NO/c1-7(12)6-15-11(16)4-8-2-3-9(13)5-10(8)14/h2-3,5H,1,4,6H2,(H,15,16). The van der Waals surface area contributed by atoms with E-state index in [1.807, 2.05) is 0 Å². The molecule has 0 aliphatic rings. The Morgan fingerprint density at radius 1 is 1.44 bits per heavy atom. The lowest BCUT2D eigenvalue weighted by Gasteiger charge is -2.05. The molecule has 5 heteroatoms. The highest BCUT2D eigenvalue weighted by molar-refractivity contribution is 9.11. The highest BCUT2D eigenvalue weighted by Crippen LogP contribution is 2.10. The molecule has 16 heavy (non-hydrogen) atoms. The Morgan fingerprint density at radius 3 is 2.69 bits per heavy atom. The van der Waals surface area contributed by atoms with Gasteiger partial charge in [0.1, 0.15) is 11.6 Å². The zero-order chi connectivity index (χ0) is 12.1. The summed E-state index contributed by atoms with van der Waals surface area (Å²) in [5.74, 6) is -1.71. The summed E-state index contributed by atoms with van der Waals surface area (Å²) in [4.78, 5) is 11.3. The normalized spacial score (nSPS) is 9.94. The fraction of sp³-hybridized carbons (Fsp3) is 0.182. The third-order valence-corrected chi connectivity index (χ3v) is 2.12. The van der Waals surface area contributed by atoms with E-state index in [-0.39, 0.29) is 24.4 Å². The molecule has 0 saturated heterocycles. The predicted molar refractivity (Wildman–Crippen MR) is 61.1 cm³/mol. The molecule has 0 unspecified atom stereocenters. The number of hydrogen-bond acceptors (Lipinski definition) is 1. The molecule has 0 radical (unpaired) electrons. The number of hydrogen-bond donors (Lipinski definition) is 1. The average molecular weight is 290 g/mol. The van der Waals surface area contributed by atoms with Gasteiger partial charge >= 0.3 is 0 Å². The van der Waals surface area contributed by atoms with Crippen molar-refractivity contribution < 1.29 is 13.6 Å². The number of carbonyl (C=O) groups excluding carboxylic acids is 1. The van der Waals surface area contributed by atoms with Crippen LogP contribution in [0, 0.1) is 11.6 Å². The summed E-state index contributed by atoms with van der Waals surface area (Å²) < 4.78 is 26.4. The average Bonchev–Trinajstić information content (AvgIpc) is 2.19. The summed E-state index contributed by atoms with van der Waals surface area (Å²) in [6, 6.07) is 3.13. The second-order valence-corrected chi connectivity index (χ2v) is 4.33. The van der Waals surface area contributed by atoms with Gasteiger partial charge in [0.05, 0.1) is 6.42 Å². The summed E-state index contributed by atoms with van der Waals surface area (Å²) in [5.41, 5.74) is 0.166. The van der Waals surface area contributed by atoms with E-state index in [0.717, 1.165) is 12.1 Å². The van der Waals surface area contributed by atoms with Gasteiger partial charge in [0, 0.05) is 17.1 Å². The van der Waals surface area contributed by atoms with E-state index in [0.29, 0.717) is 4.48 Å². The van der Waals surface area contributed by atoms with E-state index in [4.69, 9.17) is 0 Å². The van der Waals surface area contributed by atoms with Crippen LogP contribution in [0.25, 0.3) is 0 Å². The van der Waals surface area contributed by atoms with E-state index in [9.17, 15) is 13.6 Å². The molecule has 2 nitrogen and oxygen atoms in total. The van der Waals surface area contributed by atoms with Crippen LogP contribution in [-0.4, -0.2) is 12.5 Å². The van der Waals surface area contributed by atoms with E-state index in [2.05, 4.69) is 27.8 Å². The van der Waals surface area contributed by atoms with Gasteiger partial charge in [-0.15, -0.1) is 0 Å². The van der Waals surface area contributed by atoms with Crippen LogP contribution < -0.4 is 5.32 Å². The lowest BCUT2D eigenvalue weighted by molar-refractivity contribution is -0.120. The number of benzene rings is 1. The second kappa shape index (κ2) is 5.75. The molecule has 1 N–H and O–H groups in total. The minimum Gasteiger partial charge on any atom is -0.351 e. The zero-order valence-electron chi connectivity index (χ0n) is 8.40.